The monoisotopic (exact) mass is 993 g/mol. The Bertz CT molecular complexity index is 2580. The molecule has 15 heteroatoms. The van der Waals surface area contributed by atoms with E-state index in [0.717, 1.165) is 64.1 Å². The Balaban J connectivity index is 0.990. The van der Waals surface area contributed by atoms with E-state index in [9.17, 15) is 19.5 Å². The fourth-order valence-electron chi connectivity index (χ4n) is 10.1. The highest BCUT2D eigenvalue weighted by atomic mass is 16.5. The minimum atomic E-state index is -1.19. The van der Waals surface area contributed by atoms with E-state index in [2.05, 4.69) is 107 Å². The lowest BCUT2D eigenvalue weighted by atomic mass is 9.66. The highest BCUT2D eigenvalue weighted by Crippen LogP contribution is 2.47. The number of piperazine rings is 1. The van der Waals surface area contributed by atoms with Crippen molar-refractivity contribution in [1.29, 1.82) is 0 Å². The van der Waals surface area contributed by atoms with Gasteiger partial charge in [0.05, 0.1) is 63.3 Å². The van der Waals surface area contributed by atoms with Gasteiger partial charge in [-0.3, -0.25) is 14.7 Å². The average Bonchev–Trinajstić information content (AvgIpc) is 3.92. The topological polar surface area (TPSA) is 170 Å². The number of piperidine rings is 1. The predicted molar refractivity (Wildman–Crippen MR) is 280 cm³/mol. The number of rotatable bonds is 23. The number of hydrogen-bond acceptors (Lipinski definition) is 10. The largest absolute Gasteiger partial charge is 0.478 e. The fraction of sp³-hybridized carbons (Fsp3) is 0.379. The molecule has 3 heterocycles. The number of aliphatic hydroxyl groups excluding tert-OH is 1. The molecule has 0 saturated carbocycles. The third kappa shape index (κ3) is 12.8. The molecule has 2 aliphatic rings. The summed E-state index contributed by atoms with van der Waals surface area (Å²) in [5, 5.41) is 26.6. The van der Waals surface area contributed by atoms with Crippen molar-refractivity contribution in [2.45, 2.75) is 44.2 Å². The Morgan fingerprint density at radius 1 is 0.699 bits per heavy atom. The number of carboxylic acid groups (broad SMARTS) is 1. The fourth-order valence-corrected chi connectivity index (χ4v) is 10.1. The number of hydrogen-bond donors (Lipinski definition) is 3. The van der Waals surface area contributed by atoms with Crippen LogP contribution in [-0.2, 0) is 35.8 Å². The molecule has 73 heavy (non-hydrogen) atoms. The molecule has 1 aromatic heterocycles. The molecule has 2 saturated heterocycles. The van der Waals surface area contributed by atoms with E-state index >= 15 is 0 Å². The van der Waals surface area contributed by atoms with E-state index in [1.165, 1.54) is 4.90 Å². The van der Waals surface area contributed by atoms with E-state index in [4.69, 9.17) is 29.2 Å². The van der Waals surface area contributed by atoms with Gasteiger partial charge in [-0.2, -0.15) is 5.10 Å². The summed E-state index contributed by atoms with van der Waals surface area (Å²) in [7, 11) is 0. The predicted octanol–water partition coefficient (Wildman–Crippen LogP) is 7.73. The summed E-state index contributed by atoms with van der Waals surface area (Å²) in [4.78, 5) is 46.9. The van der Waals surface area contributed by atoms with Crippen molar-refractivity contribution in [3.05, 3.63) is 174 Å². The Morgan fingerprint density at radius 3 is 1.86 bits per heavy atom. The molecule has 384 valence electrons. The second-order valence-electron chi connectivity index (χ2n) is 19.0. The summed E-state index contributed by atoms with van der Waals surface area (Å²) in [6, 6.07) is 47.6. The number of anilines is 1. The van der Waals surface area contributed by atoms with Gasteiger partial charge in [-0.05, 0) is 66.6 Å². The number of ether oxygens (including phenoxy) is 4. The minimum Gasteiger partial charge on any atom is -0.478 e. The first kappa shape index (κ1) is 52.3. The zero-order valence-electron chi connectivity index (χ0n) is 41.9. The van der Waals surface area contributed by atoms with Gasteiger partial charge in [-0.1, -0.05) is 121 Å². The van der Waals surface area contributed by atoms with Crippen LogP contribution in [0.2, 0.25) is 0 Å². The Hall–Kier alpha value is -7.04. The maximum Gasteiger partial charge on any atom is 0.407 e. The molecule has 0 bridgehead atoms. The van der Waals surface area contributed by atoms with Gasteiger partial charge >= 0.3 is 6.09 Å². The average molecular weight is 993 g/mol. The van der Waals surface area contributed by atoms with Crippen LogP contribution in [0.5, 0.6) is 5.75 Å². The van der Waals surface area contributed by atoms with E-state index in [-0.39, 0.29) is 44.0 Å². The third-order valence-corrected chi connectivity index (χ3v) is 13.7. The maximum atomic E-state index is 14.8. The number of amides is 3. The lowest BCUT2D eigenvalue weighted by Gasteiger charge is -2.38. The SMILES string of the molecule is CC(C)(Oc1cccc(N2CCC[C@H](C(=O)N(CCOCCOCCOCCO)Cc3ccc(-c4c[nH]nc4C(c4ccccc4)(c4ccccc4)c4ccccc4)cc3)C2)c1)C(=O)N1CCN(C(=O)O)CC1. The lowest BCUT2D eigenvalue weighted by molar-refractivity contribution is -0.147. The van der Waals surface area contributed by atoms with Crippen molar-refractivity contribution in [2.24, 2.45) is 5.92 Å². The molecule has 0 radical (unpaired) electrons. The van der Waals surface area contributed by atoms with Crippen LogP contribution in [0.1, 0.15) is 54.6 Å². The van der Waals surface area contributed by atoms with Crippen LogP contribution in [-0.4, -0.2) is 151 Å². The number of aromatic amines is 1. The molecule has 5 aromatic carbocycles. The third-order valence-electron chi connectivity index (χ3n) is 13.7. The minimum absolute atomic E-state index is 0.0331. The summed E-state index contributed by atoms with van der Waals surface area (Å²) >= 11 is 0. The number of aliphatic hydroxyl groups is 1. The zero-order valence-corrected chi connectivity index (χ0v) is 41.9. The van der Waals surface area contributed by atoms with Crippen LogP contribution < -0.4 is 9.64 Å². The summed E-state index contributed by atoms with van der Waals surface area (Å²) in [5.41, 5.74) is 6.07. The van der Waals surface area contributed by atoms with Gasteiger partial charge in [0.25, 0.3) is 5.91 Å². The lowest BCUT2D eigenvalue weighted by Crippen LogP contribution is -2.56. The van der Waals surface area contributed by atoms with Crippen LogP contribution in [0.25, 0.3) is 11.1 Å². The van der Waals surface area contributed by atoms with Gasteiger partial charge in [-0.15, -0.1) is 0 Å². The Morgan fingerprint density at radius 2 is 1.27 bits per heavy atom. The van der Waals surface area contributed by atoms with E-state index in [0.29, 0.717) is 71.5 Å². The first-order valence-corrected chi connectivity index (χ1v) is 25.3. The summed E-state index contributed by atoms with van der Waals surface area (Å²) in [6.45, 7) is 8.71. The van der Waals surface area contributed by atoms with Crippen LogP contribution in [0.3, 0.4) is 0 Å². The van der Waals surface area contributed by atoms with Gasteiger partial charge in [0.2, 0.25) is 5.91 Å². The molecule has 3 N–H and O–H groups in total. The standard InChI is InChI=1S/C58H68N6O9/c1-57(2,55(67)61-28-30-62(31-29-61)56(68)69)73-51-22-12-21-50(40-51)63-27-13-14-46(43-63)54(66)64(32-34-70-36-38-72-39-37-71-35-33-65)42-44-23-25-45(26-24-44)52-41-59-60-53(52)58(47-15-6-3-7-16-47,48-17-8-4-9-18-48)49-19-10-5-11-20-49/h3-12,15-26,40-41,46,65H,13-14,27-39,42-43H2,1-2H3,(H,59,60)(H,68,69)/t46-/m0/s1. The van der Waals surface area contributed by atoms with Gasteiger partial charge in [0.15, 0.2) is 5.60 Å². The summed E-state index contributed by atoms with van der Waals surface area (Å²) < 4.78 is 23.3. The maximum absolute atomic E-state index is 14.8. The number of carbonyl (C=O) groups excluding carboxylic acids is 2. The molecule has 1 atom stereocenters. The normalized spacial score (nSPS) is 15.3. The molecule has 0 aliphatic carbocycles. The van der Waals surface area contributed by atoms with Gasteiger partial charge in [-0.25, -0.2) is 4.79 Å². The van der Waals surface area contributed by atoms with E-state index in [1.54, 1.807) is 18.7 Å². The van der Waals surface area contributed by atoms with Crippen LogP contribution in [0.4, 0.5) is 10.5 Å². The first-order chi connectivity index (χ1) is 35.6. The second kappa shape index (κ2) is 25.1. The van der Waals surface area contributed by atoms with Crippen LogP contribution in [0.15, 0.2) is 146 Å². The van der Waals surface area contributed by atoms with E-state index < -0.39 is 17.1 Å². The van der Waals surface area contributed by atoms with Crippen LogP contribution >= 0.6 is 0 Å². The number of H-pyrrole nitrogens is 1. The van der Waals surface area contributed by atoms with E-state index in [1.807, 2.05) is 53.6 Å². The number of benzene rings is 5. The Labute approximate surface area is 428 Å². The summed E-state index contributed by atoms with van der Waals surface area (Å²) in [6.07, 6.45) is 2.53. The van der Waals surface area contributed by atoms with Gasteiger partial charge in [0, 0.05) is 75.9 Å². The van der Waals surface area contributed by atoms with Gasteiger partial charge < -0.3 is 48.8 Å². The van der Waals surface area contributed by atoms with Crippen molar-refractivity contribution < 1.29 is 43.5 Å². The number of aromatic nitrogens is 2. The van der Waals surface area contributed by atoms with Gasteiger partial charge in [0.1, 0.15) is 5.75 Å². The molecule has 2 fully saturated rings. The highest BCUT2D eigenvalue weighted by Gasteiger charge is 2.42. The molecule has 15 nitrogen and oxygen atoms in total. The molecule has 2 aliphatic heterocycles. The smallest absolute Gasteiger partial charge is 0.407 e. The van der Waals surface area contributed by atoms with Crippen molar-refractivity contribution >= 4 is 23.6 Å². The molecular formula is C58H68N6O9. The highest BCUT2D eigenvalue weighted by molar-refractivity contribution is 5.85. The molecular weight excluding hydrogens is 925 g/mol. The van der Waals surface area contributed by atoms with Crippen molar-refractivity contribution in [3.8, 4) is 16.9 Å². The number of nitrogens with zero attached hydrogens (tertiary/aromatic N) is 5. The molecule has 3 amide bonds. The van der Waals surface area contributed by atoms with Crippen molar-refractivity contribution in [3.63, 3.8) is 0 Å². The Kier molecular flexibility index (Phi) is 18.0. The van der Waals surface area contributed by atoms with Crippen molar-refractivity contribution in [2.75, 3.05) is 97.0 Å². The zero-order chi connectivity index (χ0) is 51.0. The molecule has 0 spiro atoms. The molecule has 8 rings (SSSR count). The first-order valence-electron chi connectivity index (χ1n) is 25.3. The van der Waals surface area contributed by atoms with Crippen LogP contribution in [0, 0.1) is 5.92 Å². The number of carbonyl (C=O) groups is 3. The second-order valence-corrected chi connectivity index (χ2v) is 19.0. The molecule has 0 unspecified atom stereocenters. The number of nitrogens with one attached hydrogen (secondary N) is 1. The van der Waals surface area contributed by atoms with Crippen molar-refractivity contribution in [1.82, 2.24) is 24.9 Å². The quantitative estimate of drug-likeness (QED) is 0.0424. The molecule has 6 aromatic rings. The summed E-state index contributed by atoms with van der Waals surface area (Å²) in [5.74, 6) is 0.0973.